The molecule has 0 amide bonds. The Kier molecular flexibility index (Phi) is 3.76. The van der Waals surface area contributed by atoms with Crippen LogP contribution in [0.3, 0.4) is 0 Å². The highest BCUT2D eigenvalue weighted by Crippen LogP contribution is 2.39. The summed E-state index contributed by atoms with van der Waals surface area (Å²) in [4.78, 5) is 7.06. The van der Waals surface area contributed by atoms with Gasteiger partial charge in [-0.05, 0) is 18.3 Å². The van der Waals surface area contributed by atoms with Crippen LogP contribution in [-0.2, 0) is 13.1 Å². The average Bonchev–Trinajstić information content (AvgIpc) is 2.87. The lowest BCUT2D eigenvalue weighted by Crippen LogP contribution is -2.43. The number of halogens is 1. The zero-order valence-electron chi connectivity index (χ0n) is 10.9. The standard InChI is InChI=1S/C14H22BrN3/c15-11-14(4-2-1-3-5-14)12-17-8-9-18-7-6-16-13(18)10-17/h6-7H,1-5,8-12H2. The largest absolute Gasteiger partial charge is 0.333 e. The number of fused-ring (bicyclic) bond motifs is 1. The Labute approximate surface area is 118 Å². The highest BCUT2D eigenvalue weighted by Gasteiger charge is 2.33. The van der Waals surface area contributed by atoms with Gasteiger partial charge in [-0.25, -0.2) is 4.98 Å². The number of hydrogen-bond acceptors (Lipinski definition) is 2. The molecule has 2 heterocycles. The lowest BCUT2D eigenvalue weighted by molar-refractivity contribution is 0.105. The smallest absolute Gasteiger partial charge is 0.122 e. The molecule has 0 saturated heterocycles. The monoisotopic (exact) mass is 311 g/mol. The second kappa shape index (κ2) is 5.33. The van der Waals surface area contributed by atoms with E-state index in [1.54, 1.807) is 0 Å². The van der Waals surface area contributed by atoms with Crippen LogP contribution in [0.15, 0.2) is 12.4 Å². The Balaban J connectivity index is 1.66. The molecule has 4 heteroatoms. The minimum atomic E-state index is 0.521. The molecule has 1 saturated carbocycles. The molecule has 100 valence electrons. The van der Waals surface area contributed by atoms with Gasteiger partial charge < -0.3 is 4.57 Å². The van der Waals surface area contributed by atoms with Crippen LogP contribution in [0, 0.1) is 5.41 Å². The van der Waals surface area contributed by atoms with Gasteiger partial charge in [-0.3, -0.25) is 4.90 Å². The second-order valence-electron chi connectivity index (χ2n) is 5.94. The van der Waals surface area contributed by atoms with E-state index in [2.05, 4.69) is 36.6 Å². The number of aromatic nitrogens is 2. The van der Waals surface area contributed by atoms with Crippen molar-refractivity contribution in [3.8, 4) is 0 Å². The maximum absolute atomic E-state index is 4.46. The molecular formula is C14H22BrN3. The molecule has 1 aliphatic carbocycles. The fourth-order valence-corrected chi connectivity index (χ4v) is 4.21. The number of imidazole rings is 1. The third-order valence-electron chi connectivity index (χ3n) is 4.58. The lowest BCUT2D eigenvalue weighted by Gasteiger charge is -2.41. The van der Waals surface area contributed by atoms with Gasteiger partial charge in [0.05, 0.1) is 6.54 Å². The van der Waals surface area contributed by atoms with Gasteiger partial charge in [0.25, 0.3) is 0 Å². The third kappa shape index (κ3) is 2.50. The van der Waals surface area contributed by atoms with Crippen LogP contribution < -0.4 is 0 Å². The van der Waals surface area contributed by atoms with E-state index in [9.17, 15) is 0 Å². The predicted octanol–water partition coefficient (Wildman–Crippen LogP) is 3.04. The van der Waals surface area contributed by atoms with Crippen molar-refractivity contribution in [1.82, 2.24) is 14.5 Å². The first-order chi connectivity index (χ1) is 8.81. The van der Waals surface area contributed by atoms with Crippen molar-refractivity contribution in [2.75, 3.05) is 18.4 Å². The van der Waals surface area contributed by atoms with Crippen LogP contribution in [-0.4, -0.2) is 32.9 Å². The van der Waals surface area contributed by atoms with Crippen LogP contribution in [0.2, 0.25) is 0 Å². The second-order valence-corrected chi connectivity index (χ2v) is 6.50. The van der Waals surface area contributed by atoms with Gasteiger partial charge in [-0.15, -0.1) is 0 Å². The fraction of sp³-hybridized carbons (Fsp3) is 0.786. The highest BCUT2D eigenvalue weighted by molar-refractivity contribution is 9.09. The topological polar surface area (TPSA) is 21.1 Å². The van der Waals surface area contributed by atoms with Crippen molar-refractivity contribution in [1.29, 1.82) is 0 Å². The minimum absolute atomic E-state index is 0.521. The normalized spacial score (nSPS) is 23.8. The van der Waals surface area contributed by atoms with E-state index in [1.807, 2.05) is 6.20 Å². The molecule has 1 aromatic heterocycles. The zero-order chi connectivity index (χ0) is 12.4. The van der Waals surface area contributed by atoms with Crippen LogP contribution in [0.4, 0.5) is 0 Å². The molecule has 1 aromatic rings. The molecular weight excluding hydrogens is 290 g/mol. The number of hydrogen-bond donors (Lipinski definition) is 0. The summed E-state index contributed by atoms with van der Waals surface area (Å²) in [5, 5.41) is 1.16. The quantitative estimate of drug-likeness (QED) is 0.800. The van der Waals surface area contributed by atoms with Gasteiger partial charge in [0.2, 0.25) is 0 Å². The predicted molar refractivity (Wildman–Crippen MR) is 76.8 cm³/mol. The molecule has 1 aliphatic heterocycles. The minimum Gasteiger partial charge on any atom is -0.333 e. The molecule has 0 spiro atoms. The summed E-state index contributed by atoms with van der Waals surface area (Å²) >= 11 is 3.77. The lowest BCUT2D eigenvalue weighted by atomic mass is 9.75. The van der Waals surface area contributed by atoms with Gasteiger partial charge in [-0.2, -0.15) is 0 Å². The molecule has 0 bridgehead atoms. The van der Waals surface area contributed by atoms with Crippen molar-refractivity contribution >= 4 is 15.9 Å². The first-order valence-corrected chi connectivity index (χ1v) is 8.22. The molecule has 0 N–H and O–H groups in total. The summed E-state index contributed by atoms with van der Waals surface area (Å²) in [6, 6.07) is 0. The Morgan fingerprint density at radius 3 is 2.83 bits per heavy atom. The molecule has 0 atom stereocenters. The zero-order valence-corrected chi connectivity index (χ0v) is 12.5. The van der Waals surface area contributed by atoms with Crippen LogP contribution in [0.25, 0.3) is 0 Å². The van der Waals surface area contributed by atoms with E-state index in [-0.39, 0.29) is 0 Å². The molecule has 0 radical (unpaired) electrons. The molecule has 1 fully saturated rings. The van der Waals surface area contributed by atoms with Crippen LogP contribution in [0.1, 0.15) is 37.9 Å². The summed E-state index contributed by atoms with van der Waals surface area (Å²) in [7, 11) is 0. The van der Waals surface area contributed by atoms with Gasteiger partial charge in [0, 0.05) is 37.4 Å². The van der Waals surface area contributed by atoms with Crippen molar-refractivity contribution in [3.63, 3.8) is 0 Å². The summed E-state index contributed by atoms with van der Waals surface area (Å²) in [6.07, 6.45) is 11.1. The number of rotatable bonds is 3. The van der Waals surface area contributed by atoms with Gasteiger partial charge in [-0.1, -0.05) is 35.2 Å². The van der Waals surface area contributed by atoms with Gasteiger partial charge in [0.1, 0.15) is 5.82 Å². The molecule has 3 nitrogen and oxygen atoms in total. The highest BCUT2D eigenvalue weighted by atomic mass is 79.9. The summed E-state index contributed by atoms with van der Waals surface area (Å²) in [5.41, 5.74) is 0.521. The van der Waals surface area contributed by atoms with Crippen molar-refractivity contribution in [3.05, 3.63) is 18.2 Å². The first kappa shape index (κ1) is 12.7. The molecule has 2 aliphatic rings. The summed E-state index contributed by atoms with van der Waals surface area (Å²) in [6.45, 7) is 4.55. The fourth-order valence-electron chi connectivity index (χ4n) is 3.47. The third-order valence-corrected chi connectivity index (χ3v) is 5.77. The van der Waals surface area contributed by atoms with E-state index < -0.39 is 0 Å². The van der Waals surface area contributed by atoms with E-state index >= 15 is 0 Å². The SMILES string of the molecule is BrCC1(CN2CCn3ccnc3C2)CCCCC1. The molecule has 0 aromatic carbocycles. The number of alkyl halides is 1. The van der Waals surface area contributed by atoms with Crippen molar-refractivity contribution < 1.29 is 0 Å². The first-order valence-electron chi connectivity index (χ1n) is 7.10. The Morgan fingerprint density at radius 2 is 2.06 bits per heavy atom. The van der Waals surface area contributed by atoms with Gasteiger partial charge in [0.15, 0.2) is 0 Å². The number of nitrogens with zero attached hydrogens (tertiary/aromatic N) is 3. The van der Waals surface area contributed by atoms with Crippen molar-refractivity contribution in [2.24, 2.45) is 5.41 Å². The Morgan fingerprint density at radius 1 is 1.22 bits per heavy atom. The van der Waals surface area contributed by atoms with E-state index in [4.69, 9.17) is 0 Å². The Bertz CT molecular complexity index is 395. The van der Waals surface area contributed by atoms with E-state index in [0.717, 1.165) is 18.4 Å². The molecule has 0 unspecified atom stereocenters. The average molecular weight is 312 g/mol. The summed E-state index contributed by atoms with van der Waals surface area (Å²) in [5.74, 6) is 1.24. The van der Waals surface area contributed by atoms with E-state index in [0.29, 0.717) is 5.41 Å². The molecule has 3 rings (SSSR count). The van der Waals surface area contributed by atoms with Crippen LogP contribution >= 0.6 is 15.9 Å². The van der Waals surface area contributed by atoms with Crippen molar-refractivity contribution in [2.45, 2.75) is 45.2 Å². The maximum Gasteiger partial charge on any atom is 0.122 e. The maximum atomic E-state index is 4.46. The van der Waals surface area contributed by atoms with Crippen LogP contribution in [0.5, 0.6) is 0 Å². The van der Waals surface area contributed by atoms with E-state index in [1.165, 1.54) is 51.0 Å². The Hall–Kier alpha value is -0.350. The molecule has 18 heavy (non-hydrogen) atoms. The summed E-state index contributed by atoms with van der Waals surface area (Å²) < 4.78 is 2.29. The van der Waals surface area contributed by atoms with Gasteiger partial charge >= 0.3 is 0 Å².